The molecule has 0 radical (unpaired) electrons. The molecule has 0 fully saturated rings. The number of pyridine rings is 1. The van der Waals surface area contributed by atoms with E-state index in [1.165, 1.54) is 0 Å². The van der Waals surface area contributed by atoms with Crippen molar-refractivity contribution in [1.82, 2.24) is 19.6 Å². The maximum Gasteiger partial charge on any atom is 0.158 e. The Hall–Kier alpha value is -2.47. The van der Waals surface area contributed by atoms with Gasteiger partial charge in [-0.15, -0.1) is 0 Å². The second-order valence-corrected chi connectivity index (χ2v) is 5.10. The number of fused-ring (bicyclic) bond motifs is 1. The predicted molar refractivity (Wildman–Crippen MR) is 87.8 cm³/mol. The molecule has 3 aromatic rings. The van der Waals surface area contributed by atoms with Crippen LogP contribution in [0.3, 0.4) is 0 Å². The van der Waals surface area contributed by atoms with E-state index >= 15 is 0 Å². The van der Waals surface area contributed by atoms with Crippen molar-refractivity contribution in [2.24, 2.45) is 5.73 Å². The summed E-state index contributed by atoms with van der Waals surface area (Å²) in [6, 6.07) is 7.94. The maximum atomic E-state index is 5.56. The van der Waals surface area contributed by atoms with E-state index in [0.29, 0.717) is 6.54 Å². The summed E-state index contributed by atoms with van der Waals surface area (Å²) < 4.78 is 1.85. The second kappa shape index (κ2) is 6.53. The molecule has 0 spiro atoms. The Morgan fingerprint density at radius 3 is 2.95 bits per heavy atom. The normalized spacial score (nSPS) is 11.0. The number of aromatic nitrogens is 4. The van der Waals surface area contributed by atoms with Crippen molar-refractivity contribution in [1.29, 1.82) is 0 Å². The first-order valence-corrected chi connectivity index (χ1v) is 7.56. The van der Waals surface area contributed by atoms with Gasteiger partial charge in [-0.1, -0.05) is 6.92 Å². The average molecular weight is 296 g/mol. The van der Waals surface area contributed by atoms with Gasteiger partial charge >= 0.3 is 0 Å². The SMILES string of the molecule is CCc1cc(NCCCN)n2nc(-c3cccnc3)cc2n1. The van der Waals surface area contributed by atoms with Gasteiger partial charge in [0, 0.05) is 42.3 Å². The van der Waals surface area contributed by atoms with E-state index in [2.05, 4.69) is 27.3 Å². The molecule has 0 unspecified atom stereocenters. The van der Waals surface area contributed by atoms with Gasteiger partial charge in [0.25, 0.3) is 0 Å². The molecule has 0 aliphatic carbocycles. The maximum absolute atomic E-state index is 5.56. The Morgan fingerprint density at radius 1 is 1.32 bits per heavy atom. The number of hydrogen-bond donors (Lipinski definition) is 2. The van der Waals surface area contributed by atoms with Crippen molar-refractivity contribution in [3.63, 3.8) is 0 Å². The van der Waals surface area contributed by atoms with Gasteiger partial charge in [0.1, 0.15) is 5.82 Å². The van der Waals surface area contributed by atoms with Gasteiger partial charge in [0.2, 0.25) is 0 Å². The summed E-state index contributed by atoms with van der Waals surface area (Å²) in [4.78, 5) is 8.79. The van der Waals surface area contributed by atoms with E-state index < -0.39 is 0 Å². The molecule has 3 heterocycles. The summed E-state index contributed by atoms with van der Waals surface area (Å²) >= 11 is 0. The summed E-state index contributed by atoms with van der Waals surface area (Å²) in [5, 5.41) is 8.05. The standard InChI is InChI=1S/C16H20N6/c1-2-13-9-15(19-8-4-6-17)22-16(20-13)10-14(21-22)12-5-3-7-18-11-12/h3,5,7,9-11,19H,2,4,6,8,17H2,1H3. The monoisotopic (exact) mass is 296 g/mol. The van der Waals surface area contributed by atoms with Crippen LogP contribution in [-0.4, -0.2) is 32.7 Å². The van der Waals surface area contributed by atoms with Crippen LogP contribution in [0.2, 0.25) is 0 Å². The summed E-state index contributed by atoms with van der Waals surface area (Å²) in [6.07, 6.45) is 5.37. The van der Waals surface area contributed by atoms with Crippen molar-refractivity contribution in [2.45, 2.75) is 19.8 Å². The summed E-state index contributed by atoms with van der Waals surface area (Å²) in [7, 11) is 0. The highest BCUT2D eigenvalue weighted by molar-refractivity contribution is 5.65. The number of nitrogens with zero attached hydrogens (tertiary/aromatic N) is 4. The summed E-state index contributed by atoms with van der Waals surface area (Å²) in [5.41, 5.74) is 9.30. The van der Waals surface area contributed by atoms with Crippen LogP contribution in [0.15, 0.2) is 36.7 Å². The Morgan fingerprint density at radius 2 is 2.23 bits per heavy atom. The first-order valence-electron chi connectivity index (χ1n) is 7.56. The number of rotatable bonds is 6. The summed E-state index contributed by atoms with van der Waals surface area (Å²) in [6.45, 7) is 3.59. The van der Waals surface area contributed by atoms with E-state index in [4.69, 9.17) is 5.73 Å². The van der Waals surface area contributed by atoms with Crippen LogP contribution in [0.25, 0.3) is 16.9 Å². The molecular weight excluding hydrogens is 276 g/mol. The van der Waals surface area contributed by atoms with E-state index in [1.807, 2.05) is 35.0 Å². The molecule has 3 N–H and O–H groups in total. The molecule has 114 valence electrons. The van der Waals surface area contributed by atoms with Crippen LogP contribution < -0.4 is 11.1 Å². The molecule has 6 heteroatoms. The van der Waals surface area contributed by atoms with Crippen molar-refractivity contribution >= 4 is 11.5 Å². The van der Waals surface area contributed by atoms with Crippen LogP contribution in [0.4, 0.5) is 5.82 Å². The lowest BCUT2D eigenvalue weighted by Gasteiger charge is -2.09. The topological polar surface area (TPSA) is 81.1 Å². The molecule has 0 aromatic carbocycles. The zero-order valence-corrected chi connectivity index (χ0v) is 12.7. The molecule has 0 saturated carbocycles. The Kier molecular flexibility index (Phi) is 4.29. The van der Waals surface area contributed by atoms with Crippen LogP contribution in [-0.2, 0) is 6.42 Å². The quantitative estimate of drug-likeness (QED) is 0.681. The molecule has 22 heavy (non-hydrogen) atoms. The zero-order chi connectivity index (χ0) is 15.4. The Labute approximate surface area is 129 Å². The number of hydrogen-bond acceptors (Lipinski definition) is 5. The molecule has 0 aliphatic heterocycles. The minimum Gasteiger partial charge on any atom is -0.370 e. The first-order chi connectivity index (χ1) is 10.8. The molecule has 0 bridgehead atoms. The largest absolute Gasteiger partial charge is 0.370 e. The van der Waals surface area contributed by atoms with Gasteiger partial charge in [-0.3, -0.25) is 4.98 Å². The highest BCUT2D eigenvalue weighted by atomic mass is 15.3. The van der Waals surface area contributed by atoms with E-state index in [1.54, 1.807) is 6.20 Å². The minimum atomic E-state index is 0.669. The molecule has 6 nitrogen and oxygen atoms in total. The van der Waals surface area contributed by atoms with Crippen LogP contribution in [0.1, 0.15) is 19.0 Å². The lowest BCUT2D eigenvalue weighted by molar-refractivity contribution is 0.848. The van der Waals surface area contributed by atoms with E-state index in [9.17, 15) is 0 Å². The van der Waals surface area contributed by atoms with Crippen LogP contribution in [0, 0.1) is 0 Å². The molecular formula is C16H20N6. The van der Waals surface area contributed by atoms with Gasteiger partial charge in [-0.05, 0) is 31.5 Å². The molecule has 0 amide bonds. The average Bonchev–Trinajstić information content (AvgIpc) is 3.00. The van der Waals surface area contributed by atoms with Crippen molar-refractivity contribution in [3.05, 3.63) is 42.4 Å². The molecule has 3 aromatic heterocycles. The third-order valence-electron chi connectivity index (χ3n) is 3.49. The smallest absolute Gasteiger partial charge is 0.158 e. The Balaban J connectivity index is 2.03. The molecule has 0 aliphatic rings. The molecule has 0 atom stereocenters. The first kappa shape index (κ1) is 14.5. The lowest BCUT2D eigenvalue weighted by atomic mass is 10.2. The zero-order valence-electron chi connectivity index (χ0n) is 12.7. The van der Waals surface area contributed by atoms with Gasteiger partial charge < -0.3 is 11.1 Å². The minimum absolute atomic E-state index is 0.669. The van der Waals surface area contributed by atoms with Crippen LogP contribution in [0.5, 0.6) is 0 Å². The van der Waals surface area contributed by atoms with E-state index in [0.717, 1.165) is 47.8 Å². The van der Waals surface area contributed by atoms with Crippen molar-refractivity contribution in [3.8, 4) is 11.3 Å². The fraction of sp³-hybridized carbons (Fsp3) is 0.312. The van der Waals surface area contributed by atoms with Gasteiger partial charge in [-0.25, -0.2) is 4.98 Å². The number of anilines is 1. The lowest BCUT2D eigenvalue weighted by Crippen LogP contribution is -2.12. The molecule has 0 saturated heterocycles. The number of nitrogens with two attached hydrogens (primary N) is 1. The van der Waals surface area contributed by atoms with Gasteiger partial charge in [0.05, 0.1) is 5.69 Å². The number of nitrogens with one attached hydrogen (secondary N) is 1. The molecule has 3 rings (SSSR count). The third-order valence-corrected chi connectivity index (χ3v) is 3.49. The second-order valence-electron chi connectivity index (χ2n) is 5.10. The fourth-order valence-electron chi connectivity index (χ4n) is 2.31. The number of aryl methyl sites for hydroxylation is 1. The van der Waals surface area contributed by atoms with Crippen molar-refractivity contribution in [2.75, 3.05) is 18.4 Å². The van der Waals surface area contributed by atoms with Gasteiger partial charge in [0.15, 0.2) is 5.65 Å². The van der Waals surface area contributed by atoms with E-state index in [-0.39, 0.29) is 0 Å². The summed E-state index contributed by atoms with van der Waals surface area (Å²) in [5.74, 6) is 0.949. The van der Waals surface area contributed by atoms with Crippen LogP contribution >= 0.6 is 0 Å². The highest BCUT2D eigenvalue weighted by Gasteiger charge is 2.10. The highest BCUT2D eigenvalue weighted by Crippen LogP contribution is 2.21. The fourth-order valence-corrected chi connectivity index (χ4v) is 2.31. The van der Waals surface area contributed by atoms with Gasteiger partial charge in [-0.2, -0.15) is 9.61 Å². The third kappa shape index (κ3) is 2.92. The van der Waals surface area contributed by atoms with Crippen molar-refractivity contribution < 1.29 is 0 Å². The Bertz CT molecular complexity index is 750. The predicted octanol–water partition coefficient (Wildman–Crippen LogP) is 2.11.